The van der Waals surface area contributed by atoms with Crippen LogP contribution in [0.5, 0.6) is 0 Å². The van der Waals surface area contributed by atoms with Crippen LogP contribution in [0.3, 0.4) is 0 Å². The summed E-state index contributed by atoms with van der Waals surface area (Å²) < 4.78 is 14.8. The van der Waals surface area contributed by atoms with Gasteiger partial charge in [0.25, 0.3) is 0 Å². The normalized spacial score (nSPS) is 14.7. The average Bonchev–Trinajstić information content (AvgIpc) is 3.03. The van der Waals surface area contributed by atoms with Gasteiger partial charge in [0, 0.05) is 29.7 Å². The Labute approximate surface area is 178 Å². The summed E-state index contributed by atoms with van der Waals surface area (Å²) in [4.78, 5) is 27.9. The number of rotatable bonds is 5. The summed E-state index contributed by atoms with van der Waals surface area (Å²) in [5.74, 6) is -0.389. The Kier molecular flexibility index (Phi) is 5.99. The van der Waals surface area contributed by atoms with Gasteiger partial charge in [-0.2, -0.15) is 0 Å². The van der Waals surface area contributed by atoms with Gasteiger partial charge in [0.15, 0.2) is 0 Å². The minimum absolute atomic E-state index is 0.00661. The zero-order valence-corrected chi connectivity index (χ0v) is 17.6. The third kappa shape index (κ3) is 4.46. The van der Waals surface area contributed by atoms with Crippen LogP contribution in [0, 0.1) is 12.7 Å². The second-order valence-electron chi connectivity index (χ2n) is 7.53. The van der Waals surface area contributed by atoms with Crippen LogP contribution in [-0.4, -0.2) is 34.5 Å². The summed E-state index contributed by atoms with van der Waals surface area (Å²) >= 11 is 1.12. The Hall–Kier alpha value is -2.93. The van der Waals surface area contributed by atoms with E-state index in [0.29, 0.717) is 24.8 Å². The van der Waals surface area contributed by atoms with Gasteiger partial charge in [-0.25, -0.2) is 4.39 Å². The van der Waals surface area contributed by atoms with Crippen LogP contribution in [0.4, 0.5) is 10.1 Å². The molecule has 30 heavy (non-hydrogen) atoms. The molecule has 0 radical (unpaired) electrons. The first-order valence-electron chi connectivity index (χ1n) is 10.1. The molecule has 1 aromatic heterocycles. The van der Waals surface area contributed by atoms with Crippen LogP contribution in [0.25, 0.3) is 11.3 Å². The number of amides is 1. The lowest BCUT2D eigenvalue weighted by Crippen LogP contribution is -2.44. The summed E-state index contributed by atoms with van der Waals surface area (Å²) in [5, 5.41) is 3.52. The standard InChI is InChI=1S/C23H24FN3O2S/c1-16-22(17-7-9-18(24)10-8-17)27(23(29)30-16)15-21(28)26-13-11-20(12-14-26)25-19-5-3-2-4-6-19/h2-10,20,25H,11-15H2,1H3. The molecule has 3 aromatic rings. The molecule has 1 aliphatic rings. The highest BCUT2D eigenvalue weighted by atomic mass is 32.1. The van der Waals surface area contributed by atoms with Crippen molar-refractivity contribution in [2.24, 2.45) is 0 Å². The number of carbonyl (C=O) groups is 1. The van der Waals surface area contributed by atoms with Gasteiger partial charge in [0.1, 0.15) is 12.4 Å². The van der Waals surface area contributed by atoms with Crippen molar-refractivity contribution in [3.8, 4) is 11.3 Å². The molecule has 4 rings (SSSR count). The van der Waals surface area contributed by atoms with E-state index < -0.39 is 0 Å². The number of aromatic nitrogens is 1. The van der Waals surface area contributed by atoms with Gasteiger partial charge in [0.05, 0.1) is 5.69 Å². The van der Waals surface area contributed by atoms with Crippen molar-refractivity contribution in [3.63, 3.8) is 0 Å². The van der Waals surface area contributed by atoms with Gasteiger partial charge in [0.2, 0.25) is 5.91 Å². The number of anilines is 1. The SMILES string of the molecule is Cc1sc(=O)n(CC(=O)N2CCC(Nc3ccccc3)CC2)c1-c1ccc(F)cc1. The fourth-order valence-corrected chi connectivity index (χ4v) is 4.76. The number of piperidine rings is 1. The summed E-state index contributed by atoms with van der Waals surface area (Å²) in [7, 11) is 0. The van der Waals surface area contributed by atoms with Gasteiger partial charge in [-0.05, 0) is 61.7 Å². The van der Waals surface area contributed by atoms with E-state index >= 15 is 0 Å². The molecule has 1 N–H and O–H groups in total. The zero-order chi connectivity index (χ0) is 21.1. The number of thiazole rings is 1. The maximum atomic E-state index is 13.3. The molecule has 1 amide bonds. The number of aryl methyl sites for hydroxylation is 1. The number of carbonyl (C=O) groups excluding carboxylic acids is 1. The Bertz CT molecular complexity index is 1070. The lowest BCUT2D eigenvalue weighted by molar-refractivity contribution is -0.132. The predicted molar refractivity (Wildman–Crippen MR) is 118 cm³/mol. The number of nitrogens with one attached hydrogen (secondary N) is 1. The highest BCUT2D eigenvalue weighted by Crippen LogP contribution is 2.26. The quantitative estimate of drug-likeness (QED) is 0.669. The third-order valence-electron chi connectivity index (χ3n) is 5.47. The Balaban J connectivity index is 1.42. The number of halogens is 1. The number of benzene rings is 2. The molecule has 5 nitrogen and oxygen atoms in total. The first kappa shape index (κ1) is 20.3. The Morgan fingerprint density at radius 1 is 1.10 bits per heavy atom. The van der Waals surface area contributed by atoms with Gasteiger partial charge in [-0.1, -0.05) is 29.5 Å². The molecule has 0 saturated carbocycles. The monoisotopic (exact) mass is 425 g/mol. The Morgan fingerprint density at radius 2 is 1.77 bits per heavy atom. The van der Waals surface area contributed by atoms with E-state index in [1.165, 1.54) is 16.7 Å². The first-order chi connectivity index (χ1) is 14.5. The summed E-state index contributed by atoms with van der Waals surface area (Å²) in [6.07, 6.45) is 1.73. The van der Waals surface area contributed by atoms with Crippen molar-refractivity contribution in [2.45, 2.75) is 32.4 Å². The molecule has 2 aromatic carbocycles. The predicted octanol–water partition coefficient (Wildman–Crippen LogP) is 4.13. The van der Waals surface area contributed by atoms with Crippen molar-refractivity contribution < 1.29 is 9.18 Å². The number of likely N-dealkylation sites (tertiary alicyclic amines) is 1. The van der Waals surface area contributed by atoms with Crippen LogP contribution >= 0.6 is 11.3 Å². The fraction of sp³-hybridized carbons (Fsp3) is 0.304. The second kappa shape index (κ2) is 8.83. The minimum atomic E-state index is -0.330. The highest BCUT2D eigenvalue weighted by Gasteiger charge is 2.24. The molecule has 7 heteroatoms. The van der Waals surface area contributed by atoms with E-state index in [-0.39, 0.29) is 23.1 Å². The fourth-order valence-electron chi connectivity index (χ4n) is 3.90. The van der Waals surface area contributed by atoms with Crippen LogP contribution in [0.15, 0.2) is 59.4 Å². The largest absolute Gasteiger partial charge is 0.382 e. The van der Waals surface area contributed by atoms with Crippen LogP contribution in [-0.2, 0) is 11.3 Å². The smallest absolute Gasteiger partial charge is 0.308 e. The van der Waals surface area contributed by atoms with Crippen LogP contribution in [0.2, 0.25) is 0 Å². The average molecular weight is 426 g/mol. The van der Waals surface area contributed by atoms with Gasteiger partial charge < -0.3 is 10.2 Å². The molecular formula is C23H24FN3O2S. The molecule has 1 fully saturated rings. The summed E-state index contributed by atoms with van der Waals surface area (Å²) in [5.41, 5.74) is 2.52. The lowest BCUT2D eigenvalue weighted by atomic mass is 10.0. The molecule has 0 aliphatic carbocycles. The third-order valence-corrected chi connectivity index (χ3v) is 6.36. The van der Waals surface area contributed by atoms with Crippen molar-refractivity contribution in [1.82, 2.24) is 9.47 Å². The van der Waals surface area contributed by atoms with Crippen LogP contribution < -0.4 is 10.2 Å². The van der Waals surface area contributed by atoms with Gasteiger partial charge in [-0.15, -0.1) is 0 Å². The van der Waals surface area contributed by atoms with E-state index in [9.17, 15) is 14.0 Å². The van der Waals surface area contributed by atoms with E-state index in [0.717, 1.165) is 40.3 Å². The van der Waals surface area contributed by atoms with Gasteiger partial charge in [-0.3, -0.25) is 14.2 Å². The summed E-state index contributed by atoms with van der Waals surface area (Å²) in [6.45, 7) is 3.18. The van der Waals surface area contributed by atoms with Crippen molar-refractivity contribution in [1.29, 1.82) is 0 Å². The molecule has 1 aliphatic heterocycles. The molecular weight excluding hydrogens is 401 g/mol. The zero-order valence-electron chi connectivity index (χ0n) is 16.8. The summed E-state index contributed by atoms with van der Waals surface area (Å²) in [6, 6.07) is 16.4. The number of nitrogens with zero attached hydrogens (tertiary/aromatic N) is 2. The van der Waals surface area contributed by atoms with Crippen LogP contribution in [0.1, 0.15) is 17.7 Å². The molecule has 156 valence electrons. The molecule has 0 bridgehead atoms. The molecule has 1 saturated heterocycles. The van der Waals surface area contributed by atoms with E-state index in [4.69, 9.17) is 0 Å². The van der Waals surface area contributed by atoms with Crippen molar-refractivity contribution >= 4 is 22.9 Å². The van der Waals surface area contributed by atoms with Crippen molar-refractivity contribution in [3.05, 3.63) is 75.0 Å². The Morgan fingerprint density at radius 3 is 2.43 bits per heavy atom. The second-order valence-corrected chi connectivity index (χ2v) is 8.70. The molecule has 0 atom stereocenters. The van der Waals surface area contributed by atoms with E-state index in [2.05, 4.69) is 5.32 Å². The molecule has 0 spiro atoms. The molecule has 0 unspecified atom stereocenters. The number of hydrogen-bond acceptors (Lipinski definition) is 4. The van der Waals surface area contributed by atoms with E-state index in [1.807, 2.05) is 42.2 Å². The van der Waals surface area contributed by atoms with E-state index in [1.54, 1.807) is 12.1 Å². The molecule has 2 heterocycles. The number of hydrogen-bond donors (Lipinski definition) is 1. The maximum Gasteiger partial charge on any atom is 0.308 e. The van der Waals surface area contributed by atoms with Gasteiger partial charge >= 0.3 is 4.87 Å². The topological polar surface area (TPSA) is 54.3 Å². The highest BCUT2D eigenvalue weighted by molar-refractivity contribution is 7.09. The lowest BCUT2D eigenvalue weighted by Gasteiger charge is -2.33. The van der Waals surface area contributed by atoms with Crippen molar-refractivity contribution in [2.75, 3.05) is 18.4 Å². The first-order valence-corrected chi connectivity index (χ1v) is 10.9. The number of para-hydroxylation sites is 1. The minimum Gasteiger partial charge on any atom is -0.382 e. The maximum absolute atomic E-state index is 13.3.